The molecule has 3 rings (SSSR count). The van der Waals surface area contributed by atoms with E-state index in [1.165, 1.54) is 12.2 Å². The Morgan fingerprint density at radius 2 is 1.85 bits per heavy atom. The van der Waals surface area contributed by atoms with Crippen LogP contribution in [0.15, 0.2) is 58.7 Å². The summed E-state index contributed by atoms with van der Waals surface area (Å²) >= 11 is 1.65. The maximum absolute atomic E-state index is 12.5. The Morgan fingerprint density at radius 1 is 1.15 bits per heavy atom. The Morgan fingerprint density at radius 3 is 2.48 bits per heavy atom. The van der Waals surface area contributed by atoms with Gasteiger partial charge in [0, 0.05) is 36.6 Å². The molecule has 180 valence electrons. The van der Waals surface area contributed by atoms with Crippen LogP contribution in [0.3, 0.4) is 0 Å². The van der Waals surface area contributed by atoms with E-state index in [2.05, 4.69) is 33.9 Å². The number of alkyl halides is 3. The van der Waals surface area contributed by atoms with E-state index in [1.807, 2.05) is 25.1 Å². The zero-order valence-corrected chi connectivity index (χ0v) is 19.7. The Labute approximate surface area is 196 Å². The number of aryl methyl sites for hydroxylation is 1. The summed E-state index contributed by atoms with van der Waals surface area (Å²) < 4.78 is 43.8. The van der Waals surface area contributed by atoms with Crippen LogP contribution >= 0.6 is 11.9 Å². The number of ether oxygens (including phenoxy) is 1. The zero-order valence-electron chi connectivity index (χ0n) is 18.9. The smallest absolute Gasteiger partial charge is 0.481 e. The lowest BCUT2D eigenvalue weighted by Gasteiger charge is -2.43. The number of carbonyl (C=O) groups is 1. The number of nitrogens with zero attached hydrogens (tertiary/aromatic N) is 2. The Hall–Kier alpha value is -2.23. The predicted molar refractivity (Wildman–Crippen MR) is 123 cm³/mol. The van der Waals surface area contributed by atoms with Crippen LogP contribution in [-0.4, -0.2) is 58.4 Å². The van der Waals surface area contributed by atoms with E-state index in [4.69, 9.17) is 5.11 Å². The molecule has 0 aromatic heterocycles. The highest BCUT2D eigenvalue weighted by Gasteiger charge is 2.32. The van der Waals surface area contributed by atoms with E-state index >= 15 is 0 Å². The monoisotopic (exact) mass is 482 g/mol. The van der Waals surface area contributed by atoms with Gasteiger partial charge in [0.25, 0.3) is 0 Å². The van der Waals surface area contributed by atoms with Gasteiger partial charge in [0.2, 0.25) is 0 Å². The van der Waals surface area contributed by atoms with Crippen molar-refractivity contribution in [1.82, 2.24) is 9.21 Å². The molecule has 2 atom stereocenters. The van der Waals surface area contributed by atoms with Crippen molar-refractivity contribution in [1.29, 1.82) is 0 Å². The average Bonchev–Trinajstić information content (AvgIpc) is 2.87. The van der Waals surface area contributed by atoms with Crippen molar-refractivity contribution in [3.63, 3.8) is 0 Å². The third kappa shape index (κ3) is 7.94. The Balaban J connectivity index is 1.59. The summed E-state index contributed by atoms with van der Waals surface area (Å²) in [5.74, 6) is -1.03. The molecule has 0 bridgehead atoms. The molecule has 0 spiro atoms. The molecule has 1 fully saturated rings. The summed E-state index contributed by atoms with van der Waals surface area (Å²) in [5, 5.41) is 9.11. The van der Waals surface area contributed by atoms with Gasteiger partial charge in [0.15, 0.2) is 0 Å². The van der Waals surface area contributed by atoms with Crippen LogP contribution in [0.2, 0.25) is 0 Å². The zero-order chi connectivity index (χ0) is 24.2. The predicted octanol–water partition coefficient (Wildman–Crippen LogP) is 5.33. The molecule has 33 heavy (non-hydrogen) atoms. The maximum Gasteiger partial charge on any atom is 0.573 e. The normalized spacial score (nSPS) is 22.5. The van der Waals surface area contributed by atoms with Gasteiger partial charge in [-0.3, -0.25) is 9.69 Å². The molecular formula is C24H29F3N2O3S. The van der Waals surface area contributed by atoms with Gasteiger partial charge >= 0.3 is 12.3 Å². The number of aliphatic carboxylic acids is 1. The lowest BCUT2D eigenvalue weighted by Crippen LogP contribution is -2.53. The van der Waals surface area contributed by atoms with Gasteiger partial charge in [0.1, 0.15) is 5.76 Å². The maximum atomic E-state index is 12.5. The van der Waals surface area contributed by atoms with Gasteiger partial charge in [0.05, 0.1) is 6.42 Å². The summed E-state index contributed by atoms with van der Waals surface area (Å²) in [7, 11) is 0. The fourth-order valence-corrected chi connectivity index (χ4v) is 5.42. The number of allylic oxidation sites excluding steroid dienone is 3. The van der Waals surface area contributed by atoms with Gasteiger partial charge in [-0.2, -0.15) is 0 Å². The number of rotatable bonds is 7. The van der Waals surface area contributed by atoms with Crippen molar-refractivity contribution in [2.75, 3.05) is 19.6 Å². The number of piperazine rings is 1. The molecule has 1 aliphatic heterocycles. The molecule has 9 heteroatoms. The summed E-state index contributed by atoms with van der Waals surface area (Å²) in [6, 6.07) is 6.37. The number of hydrogen-bond donors (Lipinski definition) is 1. The fourth-order valence-electron chi connectivity index (χ4n) is 4.24. The second kappa shape index (κ2) is 10.8. The lowest BCUT2D eigenvalue weighted by molar-refractivity contribution is -0.303. The Bertz CT molecular complexity index is 947. The summed E-state index contributed by atoms with van der Waals surface area (Å²) in [5.41, 5.74) is 2.78. The largest absolute Gasteiger partial charge is 0.573 e. The lowest BCUT2D eigenvalue weighted by atomic mass is 10.1. The van der Waals surface area contributed by atoms with Crippen LogP contribution in [0.1, 0.15) is 31.4 Å². The first-order valence-electron chi connectivity index (χ1n) is 10.8. The highest BCUT2D eigenvalue weighted by Crippen LogP contribution is 2.32. The van der Waals surface area contributed by atoms with Crippen LogP contribution in [0.25, 0.3) is 0 Å². The number of carboxylic acid groups (broad SMARTS) is 1. The number of halogens is 3. The third-order valence-electron chi connectivity index (χ3n) is 5.39. The molecule has 0 saturated carbocycles. The van der Waals surface area contributed by atoms with Crippen molar-refractivity contribution in [3.8, 4) is 0 Å². The highest BCUT2D eigenvalue weighted by atomic mass is 32.2. The van der Waals surface area contributed by atoms with E-state index in [-0.39, 0.29) is 24.3 Å². The molecule has 1 N–H and O–H groups in total. The van der Waals surface area contributed by atoms with E-state index < -0.39 is 12.3 Å². The van der Waals surface area contributed by atoms with Crippen molar-refractivity contribution < 1.29 is 27.8 Å². The minimum absolute atomic E-state index is 0.00133. The topological polar surface area (TPSA) is 53.0 Å². The molecule has 5 nitrogen and oxygen atoms in total. The first-order valence-corrected chi connectivity index (χ1v) is 11.6. The van der Waals surface area contributed by atoms with Crippen LogP contribution in [0.4, 0.5) is 13.2 Å². The second-order valence-electron chi connectivity index (χ2n) is 8.57. The van der Waals surface area contributed by atoms with Crippen LogP contribution in [-0.2, 0) is 16.0 Å². The Kier molecular flexibility index (Phi) is 8.31. The standard InChI is InChI=1S/C24H29F3N2O3S/c1-16-9-20(12-23(30)31)11-22(10-16)33-29-17(2)13-28(14-18(29)3)15-19-5-4-6-21(8-7-19)32-24(25,26)27/h5-11,17-18H,4,12-15H2,1-3H3,(H,30,31). The van der Waals surface area contributed by atoms with Gasteiger partial charge in [-0.05, 0) is 80.1 Å². The van der Waals surface area contributed by atoms with E-state index in [9.17, 15) is 18.0 Å². The first-order chi connectivity index (χ1) is 15.5. The molecule has 1 aromatic rings. The van der Waals surface area contributed by atoms with Crippen LogP contribution in [0, 0.1) is 6.92 Å². The van der Waals surface area contributed by atoms with Crippen LogP contribution in [0.5, 0.6) is 0 Å². The molecule has 1 aliphatic carbocycles. The SMILES string of the molecule is Cc1cc(CC(=O)O)cc(SN2C(C)CN(CC3=CCC=C(OC(F)(F)F)C=C3)CC2C)c1. The molecule has 1 heterocycles. The number of carboxylic acids is 1. The molecule has 2 aliphatic rings. The van der Waals surface area contributed by atoms with E-state index in [1.54, 1.807) is 18.0 Å². The number of hydrogen-bond acceptors (Lipinski definition) is 5. The van der Waals surface area contributed by atoms with Crippen molar-refractivity contribution in [2.45, 2.75) is 57.0 Å². The van der Waals surface area contributed by atoms with Crippen molar-refractivity contribution >= 4 is 17.9 Å². The fraction of sp³-hybridized carbons (Fsp3) is 0.458. The van der Waals surface area contributed by atoms with Crippen LogP contribution < -0.4 is 0 Å². The summed E-state index contributed by atoms with van der Waals surface area (Å²) in [6.45, 7) is 8.55. The molecular weight excluding hydrogens is 453 g/mol. The summed E-state index contributed by atoms with van der Waals surface area (Å²) in [6.07, 6.45) is 2.12. The molecule has 2 unspecified atom stereocenters. The van der Waals surface area contributed by atoms with E-state index in [0.29, 0.717) is 13.0 Å². The van der Waals surface area contributed by atoms with Gasteiger partial charge in [-0.25, -0.2) is 4.31 Å². The van der Waals surface area contributed by atoms with Crippen molar-refractivity contribution in [2.24, 2.45) is 0 Å². The first kappa shape index (κ1) is 25.4. The van der Waals surface area contributed by atoms with Gasteiger partial charge in [-0.15, -0.1) is 13.2 Å². The molecule has 1 aromatic carbocycles. The molecule has 0 radical (unpaired) electrons. The number of benzene rings is 1. The quantitative estimate of drug-likeness (QED) is 0.530. The van der Waals surface area contributed by atoms with Gasteiger partial charge in [-0.1, -0.05) is 18.2 Å². The molecule has 1 saturated heterocycles. The third-order valence-corrected chi connectivity index (χ3v) is 6.77. The second-order valence-corrected chi connectivity index (χ2v) is 9.65. The molecule has 0 amide bonds. The van der Waals surface area contributed by atoms with E-state index in [0.717, 1.165) is 34.7 Å². The average molecular weight is 483 g/mol. The van der Waals surface area contributed by atoms with Gasteiger partial charge < -0.3 is 9.84 Å². The minimum Gasteiger partial charge on any atom is -0.481 e. The highest BCUT2D eigenvalue weighted by molar-refractivity contribution is 7.97. The summed E-state index contributed by atoms with van der Waals surface area (Å²) in [4.78, 5) is 14.4. The van der Waals surface area contributed by atoms with Crippen molar-refractivity contribution in [3.05, 3.63) is 65.0 Å². The minimum atomic E-state index is -4.69.